The minimum Gasteiger partial charge on any atom is -0.460 e. The summed E-state index contributed by atoms with van der Waals surface area (Å²) in [6.45, 7) is 45.5. The summed E-state index contributed by atoms with van der Waals surface area (Å²) >= 11 is 0. The van der Waals surface area contributed by atoms with E-state index in [1.807, 2.05) is 0 Å². The lowest BCUT2D eigenvalue weighted by atomic mass is 9.70. The van der Waals surface area contributed by atoms with Crippen molar-refractivity contribution in [3.8, 4) is 0 Å². The Bertz CT molecular complexity index is 2790. The van der Waals surface area contributed by atoms with Crippen LogP contribution in [-0.4, -0.2) is 151 Å². The molecule has 0 saturated carbocycles. The lowest BCUT2D eigenvalue weighted by molar-refractivity contribution is -0.161. The molecule has 28 heteroatoms. The van der Waals surface area contributed by atoms with Gasteiger partial charge in [0.05, 0.1) is 12.0 Å². The summed E-state index contributed by atoms with van der Waals surface area (Å²) in [5, 5.41) is 12.9. The number of ketones is 1. The van der Waals surface area contributed by atoms with Crippen molar-refractivity contribution in [3.05, 3.63) is 10.4 Å². The first-order valence-corrected chi connectivity index (χ1v) is 39.1. The van der Waals surface area contributed by atoms with E-state index in [1.165, 1.54) is 0 Å². The van der Waals surface area contributed by atoms with Gasteiger partial charge in [-0.05, 0) is 281 Å². The van der Waals surface area contributed by atoms with Gasteiger partial charge in [0, 0.05) is 106 Å². The molecular weight excluding hydrogens is 1420 g/mol. The van der Waals surface area contributed by atoms with Crippen molar-refractivity contribution in [2.45, 2.75) is 434 Å². The van der Waals surface area contributed by atoms with Crippen molar-refractivity contribution in [2.24, 2.45) is 10.5 Å². The molecule has 1 atom stereocenters. The van der Waals surface area contributed by atoms with Crippen LogP contribution in [0.4, 0.5) is 0 Å². The molecule has 0 rings (SSSR count). The van der Waals surface area contributed by atoms with E-state index in [-0.39, 0.29) is 148 Å². The molecule has 0 aromatic rings. The fourth-order valence-electron chi connectivity index (χ4n) is 12.2. The summed E-state index contributed by atoms with van der Waals surface area (Å²) in [5.74, 6) is -8.54. The topological polar surface area (TPSA) is 390 Å². The van der Waals surface area contributed by atoms with Gasteiger partial charge in [-0.1, -0.05) is 11.5 Å². The molecule has 3 amide bonds. The van der Waals surface area contributed by atoms with Crippen LogP contribution in [0.2, 0.25) is 0 Å². The highest BCUT2D eigenvalue weighted by Crippen LogP contribution is 2.42. The first-order chi connectivity index (χ1) is 49.7. The maximum atomic E-state index is 15.5. The predicted octanol–water partition coefficient (Wildman–Crippen LogP) is 15.4. The lowest BCUT2D eigenvalue weighted by Gasteiger charge is -2.39. The summed E-state index contributed by atoms with van der Waals surface area (Å²) in [6, 6.07) is 0. The summed E-state index contributed by atoms with van der Waals surface area (Å²) in [5.41, 5.74) is -5.83. The lowest BCUT2D eigenvalue weighted by Crippen LogP contribution is -2.54. The number of unbranched alkanes of at least 4 members (excludes halogenated alkanes) is 2. The smallest absolute Gasteiger partial charge is 0.308 e. The number of Topliss-reactive ketones (excluding diaryl/α,β-unsaturated/α-hetero) is 1. The fraction of sp³-hybridized carbons (Fsp3) is 0.841. The van der Waals surface area contributed by atoms with Crippen LogP contribution in [0.5, 0.6) is 0 Å². The highest BCUT2D eigenvalue weighted by molar-refractivity contribution is 5.83. The second kappa shape index (κ2) is 44.2. The number of carbonyl (C=O) groups is 13. The third kappa shape index (κ3) is 53.5. The first kappa shape index (κ1) is 103. The Balaban J connectivity index is 9.29. The normalized spacial score (nSPS) is 13.4. The second-order valence-corrected chi connectivity index (χ2v) is 38.4. The largest absolute Gasteiger partial charge is 0.460 e. The first-order valence-electron chi connectivity index (χ1n) is 39.1. The number of amides is 3. The average molecular weight is 1560 g/mol. The quantitative estimate of drug-likeness (QED) is 0.0127. The van der Waals surface area contributed by atoms with Gasteiger partial charge in [-0.25, -0.2) is 0 Å². The summed E-state index contributed by atoms with van der Waals surface area (Å²) < 4.78 is 51.6. The molecule has 0 aliphatic carbocycles. The Morgan fingerprint density at radius 3 is 0.736 bits per heavy atom. The Hall–Kier alpha value is -7.38. The molecule has 0 spiro atoms. The molecule has 110 heavy (non-hydrogen) atoms. The number of hydrogen-bond acceptors (Lipinski definition) is 23. The second-order valence-electron chi connectivity index (χ2n) is 38.4. The van der Waals surface area contributed by atoms with Gasteiger partial charge in [0.2, 0.25) is 17.7 Å². The monoisotopic (exact) mass is 1560 g/mol. The SMILES string of the molecule is CC(C)(C)OC(=O)CCC(CCC(=O)OC(C)(C)C)(CCC(=O)OC(C)(C)C)CC(=O)CCC(CCC(=O)NC(CCC(=O)OC(C)(C)C)(CCC(=O)OC(C)(C)C)CCC(=O)OC(C)(C)C)(CCC(=O)NC(CCC(=O)OC(C)(C)C)(CCC(=O)OC(C)(C)C)CC(=O)OC(C)(C)C)NC(=O)CCCCCN=[N+]=[N-]. The number of carbonyl (C=O) groups excluding carboxylic acids is 13. The van der Waals surface area contributed by atoms with Gasteiger partial charge in [0.15, 0.2) is 0 Å². The summed E-state index contributed by atoms with van der Waals surface area (Å²) in [4.78, 5) is 188. The van der Waals surface area contributed by atoms with E-state index in [9.17, 15) is 47.9 Å². The van der Waals surface area contributed by atoms with Gasteiger partial charge in [0.25, 0.3) is 0 Å². The maximum Gasteiger partial charge on any atom is 0.308 e. The third-order valence-corrected chi connectivity index (χ3v) is 16.4. The van der Waals surface area contributed by atoms with Gasteiger partial charge in [-0.15, -0.1) is 0 Å². The summed E-state index contributed by atoms with van der Waals surface area (Å²) in [6.07, 6.45) is -6.05. The van der Waals surface area contributed by atoms with Crippen molar-refractivity contribution in [1.29, 1.82) is 0 Å². The van der Waals surface area contributed by atoms with E-state index in [0.717, 1.165) is 0 Å². The maximum absolute atomic E-state index is 15.5. The van der Waals surface area contributed by atoms with Crippen LogP contribution in [0, 0.1) is 5.41 Å². The van der Waals surface area contributed by atoms with Crippen LogP contribution >= 0.6 is 0 Å². The van der Waals surface area contributed by atoms with Crippen molar-refractivity contribution in [1.82, 2.24) is 16.0 Å². The van der Waals surface area contributed by atoms with Crippen LogP contribution in [0.1, 0.15) is 367 Å². The minimum absolute atomic E-state index is 0.0639. The molecular formula is C82H142N6O22. The van der Waals surface area contributed by atoms with Crippen molar-refractivity contribution in [2.75, 3.05) is 6.54 Å². The number of nitrogens with one attached hydrogen (secondary N) is 3. The number of ether oxygens (including phenoxy) is 9. The number of hydrogen-bond donors (Lipinski definition) is 3. The minimum atomic E-state index is -1.74. The van der Waals surface area contributed by atoms with E-state index in [1.54, 1.807) is 187 Å². The van der Waals surface area contributed by atoms with Crippen LogP contribution in [-0.2, 0) is 105 Å². The van der Waals surface area contributed by atoms with E-state index in [0.29, 0.717) is 12.8 Å². The number of azide groups is 1. The van der Waals surface area contributed by atoms with E-state index in [2.05, 4.69) is 26.0 Å². The third-order valence-electron chi connectivity index (χ3n) is 16.4. The molecule has 0 fully saturated rings. The predicted molar refractivity (Wildman–Crippen MR) is 416 cm³/mol. The van der Waals surface area contributed by atoms with Crippen LogP contribution in [0.25, 0.3) is 10.4 Å². The van der Waals surface area contributed by atoms with Gasteiger partial charge in [-0.2, -0.15) is 0 Å². The van der Waals surface area contributed by atoms with E-state index < -0.39 is 175 Å². The van der Waals surface area contributed by atoms with Crippen LogP contribution < -0.4 is 16.0 Å². The number of nitrogens with zero attached hydrogens (tertiary/aromatic N) is 3. The standard InChI is InChI=1S/C82H142N6O22/c1-70(2,3)102-61(93)35-43-79(44-36-62(94)103-71(4,5)6,45-37-63(95)104-72(7,8)9)55-57(89)32-46-80(85-58(90)31-29-28-30-54-84-88-83,48-34-60(92)87-82(56-69(101)110-78(25,26)27,52-41-67(99)108-76(19,20)21)53-42-68(100)109-77(22,23)24)47-33-59(91)86-81(49-38-64(96)105-73(10,11)12,50-39-65(97)106-74(13,14)15)51-40-66(98)107-75(16,17)18/h28-56H2,1-27H3,(H,85,90)(H,86,91)(H,87,92). The summed E-state index contributed by atoms with van der Waals surface area (Å²) in [7, 11) is 0. The Morgan fingerprint density at radius 1 is 0.255 bits per heavy atom. The van der Waals surface area contributed by atoms with Gasteiger partial charge < -0.3 is 58.6 Å². The highest BCUT2D eigenvalue weighted by Gasteiger charge is 2.43. The molecule has 0 bridgehead atoms. The molecule has 0 aliphatic heterocycles. The van der Waals surface area contributed by atoms with E-state index >= 15 is 14.4 Å². The molecule has 0 aromatic carbocycles. The molecule has 0 aromatic heterocycles. The zero-order chi connectivity index (χ0) is 85.4. The zero-order valence-corrected chi connectivity index (χ0v) is 72.3. The van der Waals surface area contributed by atoms with Crippen molar-refractivity contribution >= 4 is 77.2 Å². The van der Waals surface area contributed by atoms with Crippen LogP contribution in [0.3, 0.4) is 0 Å². The molecule has 0 aliphatic rings. The molecule has 28 nitrogen and oxygen atoms in total. The molecule has 632 valence electrons. The molecule has 0 saturated heterocycles. The number of rotatable bonds is 46. The van der Waals surface area contributed by atoms with Gasteiger partial charge in [-0.3, -0.25) is 62.3 Å². The fourth-order valence-corrected chi connectivity index (χ4v) is 12.2. The number of esters is 9. The molecule has 0 heterocycles. The molecule has 3 N–H and O–H groups in total. The van der Waals surface area contributed by atoms with E-state index in [4.69, 9.17) is 48.2 Å². The average Bonchev–Trinajstić information content (AvgIpc) is 0.827. The van der Waals surface area contributed by atoms with Gasteiger partial charge >= 0.3 is 53.7 Å². The van der Waals surface area contributed by atoms with Crippen molar-refractivity contribution in [3.63, 3.8) is 0 Å². The Labute approximate surface area is 656 Å². The molecule has 1 unspecified atom stereocenters. The van der Waals surface area contributed by atoms with Crippen LogP contribution in [0.15, 0.2) is 5.11 Å². The highest BCUT2D eigenvalue weighted by atomic mass is 16.6. The van der Waals surface area contributed by atoms with Crippen molar-refractivity contribution < 1.29 is 105 Å². The Kier molecular flexibility index (Phi) is 41.2. The zero-order valence-electron chi connectivity index (χ0n) is 72.3. The Morgan fingerprint density at radius 2 is 0.473 bits per heavy atom. The van der Waals surface area contributed by atoms with Gasteiger partial charge in [0.1, 0.15) is 56.2 Å². The molecule has 0 radical (unpaired) electrons.